The standard InChI is InChI=1S/C22H22N4OS/c1-4-26-10-9-19-17(12-26)20(15-7-5-6-8-18(15)24-19)21(27)25-22-16(11-23)13(2)14(3)28-22/h5-8H,4,9-10,12H2,1-3H3,(H,25,27). The van der Waals surface area contributed by atoms with Crippen LogP contribution in [0.25, 0.3) is 10.9 Å². The molecule has 142 valence electrons. The summed E-state index contributed by atoms with van der Waals surface area (Å²) < 4.78 is 0. The van der Waals surface area contributed by atoms with Gasteiger partial charge in [0.15, 0.2) is 0 Å². The van der Waals surface area contributed by atoms with E-state index in [-0.39, 0.29) is 5.91 Å². The average Bonchev–Trinajstić information content (AvgIpc) is 2.97. The number of nitrogens with one attached hydrogen (secondary N) is 1. The molecule has 0 unspecified atom stereocenters. The normalized spacial score (nSPS) is 13.9. The van der Waals surface area contributed by atoms with Gasteiger partial charge in [-0.15, -0.1) is 11.3 Å². The van der Waals surface area contributed by atoms with Gasteiger partial charge in [-0.2, -0.15) is 5.26 Å². The zero-order valence-corrected chi connectivity index (χ0v) is 17.1. The molecule has 5 nitrogen and oxygen atoms in total. The zero-order chi connectivity index (χ0) is 19.8. The highest BCUT2D eigenvalue weighted by Crippen LogP contribution is 2.34. The molecule has 1 aromatic carbocycles. The molecule has 1 amide bonds. The Hall–Kier alpha value is -2.75. The fraction of sp³-hybridized carbons (Fsp3) is 0.318. The summed E-state index contributed by atoms with van der Waals surface area (Å²) in [6.07, 6.45) is 0.842. The van der Waals surface area contributed by atoms with Crippen molar-refractivity contribution in [3.05, 3.63) is 57.1 Å². The first kappa shape index (κ1) is 18.6. The average molecular weight is 391 g/mol. The third-order valence-corrected chi connectivity index (χ3v) is 6.65. The van der Waals surface area contributed by atoms with Crippen molar-refractivity contribution in [3.8, 4) is 6.07 Å². The van der Waals surface area contributed by atoms with Gasteiger partial charge in [-0.1, -0.05) is 25.1 Å². The molecule has 0 saturated carbocycles. The van der Waals surface area contributed by atoms with Gasteiger partial charge in [-0.25, -0.2) is 0 Å². The maximum Gasteiger partial charge on any atom is 0.257 e. The Bertz CT molecular complexity index is 1130. The molecule has 28 heavy (non-hydrogen) atoms. The summed E-state index contributed by atoms with van der Waals surface area (Å²) in [7, 11) is 0. The van der Waals surface area contributed by atoms with E-state index in [1.807, 2.05) is 38.1 Å². The molecular formula is C22H22N4OS. The molecule has 0 atom stereocenters. The lowest BCUT2D eigenvalue weighted by Crippen LogP contribution is -2.33. The molecule has 6 heteroatoms. The molecule has 3 aromatic rings. The fourth-order valence-electron chi connectivity index (χ4n) is 3.79. The number of benzene rings is 1. The van der Waals surface area contributed by atoms with Crippen LogP contribution in [0.5, 0.6) is 0 Å². The third-order valence-electron chi connectivity index (χ3n) is 5.52. The number of aromatic nitrogens is 1. The van der Waals surface area contributed by atoms with E-state index in [0.717, 1.165) is 58.7 Å². The van der Waals surface area contributed by atoms with Crippen LogP contribution in [0.4, 0.5) is 5.00 Å². The first-order valence-corrected chi connectivity index (χ1v) is 10.3. The number of carbonyl (C=O) groups is 1. The second-order valence-electron chi connectivity index (χ2n) is 7.10. The van der Waals surface area contributed by atoms with E-state index in [9.17, 15) is 10.1 Å². The highest BCUT2D eigenvalue weighted by atomic mass is 32.1. The van der Waals surface area contributed by atoms with E-state index < -0.39 is 0 Å². The van der Waals surface area contributed by atoms with E-state index in [2.05, 4.69) is 23.2 Å². The fourth-order valence-corrected chi connectivity index (χ4v) is 4.80. The molecule has 2 aromatic heterocycles. The van der Waals surface area contributed by atoms with Gasteiger partial charge in [0.05, 0.1) is 16.6 Å². The van der Waals surface area contributed by atoms with Crippen LogP contribution in [0.15, 0.2) is 24.3 Å². The van der Waals surface area contributed by atoms with E-state index >= 15 is 0 Å². The number of nitrogens with zero attached hydrogens (tertiary/aromatic N) is 3. The van der Waals surface area contributed by atoms with Crippen LogP contribution in [-0.2, 0) is 13.0 Å². The highest BCUT2D eigenvalue weighted by Gasteiger charge is 2.26. The van der Waals surface area contributed by atoms with E-state index in [1.165, 1.54) is 11.3 Å². The molecule has 4 rings (SSSR count). The van der Waals surface area contributed by atoms with E-state index in [4.69, 9.17) is 4.98 Å². The third kappa shape index (κ3) is 3.07. The summed E-state index contributed by atoms with van der Waals surface area (Å²) in [5.74, 6) is -0.162. The van der Waals surface area contributed by atoms with Crippen molar-refractivity contribution in [2.75, 3.05) is 18.4 Å². The minimum Gasteiger partial charge on any atom is -0.312 e. The minimum atomic E-state index is -0.162. The molecule has 0 spiro atoms. The number of pyridine rings is 1. The first-order chi connectivity index (χ1) is 13.5. The molecular weight excluding hydrogens is 368 g/mol. The predicted molar refractivity (Wildman–Crippen MR) is 113 cm³/mol. The predicted octanol–water partition coefficient (Wildman–Crippen LogP) is 4.42. The Kier molecular flexibility index (Phi) is 4.88. The topological polar surface area (TPSA) is 69.0 Å². The van der Waals surface area contributed by atoms with E-state index in [0.29, 0.717) is 16.1 Å². The highest BCUT2D eigenvalue weighted by molar-refractivity contribution is 7.16. The lowest BCUT2D eigenvalue weighted by molar-refractivity contribution is 0.102. The molecule has 0 bridgehead atoms. The van der Waals surface area contributed by atoms with Crippen LogP contribution in [0, 0.1) is 25.2 Å². The van der Waals surface area contributed by atoms with Crippen molar-refractivity contribution in [1.82, 2.24) is 9.88 Å². The monoisotopic (exact) mass is 390 g/mol. The van der Waals surface area contributed by atoms with Crippen LogP contribution in [0.2, 0.25) is 0 Å². The molecule has 0 saturated heterocycles. The maximum atomic E-state index is 13.4. The van der Waals surface area contributed by atoms with Gasteiger partial charge in [0.1, 0.15) is 11.1 Å². The lowest BCUT2D eigenvalue weighted by Gasteiger charge is -2.29. The van der Waals surface area contributed by atoms with Crippen molar-refractivity contribution in [3.63, 3.8) is 0 Å². The van der Waals surface area contributed by atoms with Gasteiger partial charge < -0.3 is 5.32 Å². The Morgan fingerprint density at radius 2 is 2.14 bits per heavy atom. The molecule has 1 aliphatic rings. The molecule has 3 heterocycles. The Morgan fingerprint density at radius 1 is 1.36 bits per heavy atom. The lowest BCUT2D eigenvalue weighted by atomic mass is 9.95. The first-order valence-electron chi connectivity index (χ1n) is 9.47. The van der Waals surface area contributed by atoms with Crippen LogP contribution in [0.1, 0.15) is 44.5 Å². The molecule has 1 N–H and O–H groups in total. The molecule has 0 aliphatic carbocycles. The van der Waals surface area contributed by atoms with Crippen molar-refractivity contribution < 1.29 is 4.79 Å². The summed E-state index contributed by atoms with van der Waals surface area (Å²) >= 11 is 1.46. The van der Waals surface area contributed by atoms with Crippen molar-refractivity contribution in [2.24, 2.45) is 0 Å². The summed E-state index contributed by atoms with van der Waals surface area (Å²) in [4.78, 5) is 21.6. The number of carbonyl (C=O) groups excluding carboxylic acids is 1. The van der Waals surface area contributed by atoms with Gasteiger partial charge in [-0.3, -0.25) is 14.7 Å². The van der Waals surface area contributed by atoms with Gasteiger partial charge in [0, 0.05) is 41.0 Å². The number of para-hydroxylation sites is 1. The Balaban J connectivity index is 1.84. The SMILES string of the molecule is CCN1CCc2nc3ccccc3c(C(=O)Nc3sc(C)c(C)c3C#N)c2C1. The summed E-state index contributed by atoms with van der Waals surface area (Å²) in [5, 5.41) is 14.0. The maximum absolute atomic E-state index is 13.4. The van der Waals surface area contributed by atoms with Crippen molar-refractivity contribution >= 4 is 33.1 Å². The number of hydrogen-bond donors (Lipinski definition) is 1. The Labute approximate surface area is 168 Å². The van der Waals surface area contributed by atoms with Gasteiger partial charge in [0.2, 0.25) is 0 Å². The van der Waals surface area contributed by atoms with Crippen LogP contribution >= 0.6 is 11.3 Å². The number of nitriles is 1. The van der Waals surface area contributed by atoms with Gasteiger partial charge in [0.25, 0.3) is 5.91 Å². The Morgan fingerprint density at radius 3 is 2.89 bits per heavy atom. The molecule has 0 fully saturated rings. The number of hydrogen-bond acceptors (Lipinski definition) is 5. The zero-order valence-electron chi connectivity index (χ0n) is 16.3. The number of thiophene rings is 1. The second kappa shape index (κ2) is 7.34. The van der Waals surface area contributed by atoms with Crippen LogP contribution < -0.4 is 5.32 Å². The molecule has 0 radical (unpaired) electrons. The largest absolute Gasteiger partial charge is 0.312 e. The van der Waals surface area contributed by atoms with Crippen LogP contribution in [-0.4, -0.2) is 28.9 Å². The summed E-state index contributed by atoms with van der Waals surface area (Å²) in [5.41, 5.74) is 5.03. The second-order valence-corrected chi connectivity index (χ2v) is 8.33. The number of fused-ring (bicyclic) bond motifs is 2. The number of anilines is 1. The summed E-state index contributed by atoms with van der Waals surface area (Å²) in [6.45, 7) is 8.64. The van der Waals surface area contributed by atoms with Crippen molar-refractivity contribution in [1.29, 1.82) is 5.26 Å². The quantitative estimate of drug-likeness (QED) is 0.719. The van der Waals surface area contributed by atoms with Crippen molar-refractivity contribution in [2.45, 2.75) is 33.7 Å². The smallest absolute Gasteiger partial charge is 0.257 e. The minimum absolute atomic E-state index is 0.162. The van der Waals surface area contributed by atoms with E-state index in [1.54, 1.807) is 0 Å². The number of amides is 1. The number of aryl methyl sites for hydroxylation is 1. The molecule has 1 aliphatic heterocycles. The van der Waals surface area contributed by atoms with Gasteiger partial charge >= 0.3 is 0 Å². The number of likely N-dealkylation sites (N-methyl/N-ethyl adjacent to an activating group) is 1. The summed E-state index contributed by atoms with van der Waals surface area (Å²) in [6, 6.07) is 10.0. The van der Waals surface area contributed by atoms with Gasteiger partial charge in [-0.05, 0) is 32.0 Å². The number of rotatable bonds is 3. The van der Waals surface area contributed by atoms with Crippen LogP contribution in [0.3, 0.4) is 0 Å².